The van der Waals surface area contributed by atoms with E-state index in [2.05, 4.69) is 4.99 Å². The van der Waals surface area contributed by atoms with E-state index in [4.69, 9.17) is 0 Å². The molecule has 124 valence electrons. The number of aliphatic imine (C=N–C) groups is 1. The molecule has 0 atom stereocenters. The quantitative estimate of drug-likeness (QED) is 0.679. The van der Waals surface area contributed by atoms with Gasteiger partial charge in [-0.05, 0) is 18.2 Å². The summed E-state index contributed by atoms with van der Waals surface area (Å²) in [5, 5.41) is 0.609. The number of hydrogen-bond donors (Lipinski definition) is 0. The Kier molecular flexibility index (Phi) is 3.43. The molecular weight excluding hydrogens is 336 g/mol. The van der Waals surface area contributed by atoms with Crippen LogP contribution in [-0.2, 0) is 10.0 Å². The standard InChI is InChI=1S/C19H14N2O3S/c1-25(23,24)21-18-9-5-3-7-15(18)16(12-22)19(21)10-13-11-20-17-8-4-2-6-14(13)17/h2-12H,1H3/b13-10-. The van der Waals surface area contributed by atoms with E-state index in [1.54, 1.807) is 36.6 Å². The van der Waals surface area contributed by atoms with Crippen LogP contribution in [-0.4, -0.2) is 31.1 Å². The molecule has 0 saturated heterocycles. The zero-order chi connectivity index (χ0) is 17.6. The number of para-hydroxylation sites is 2. The maximum atomic E-state index is 12.4. The van der Waals surface area contributed by atoms with E-state index in [0.29, 0.717) is 28.4 Å². The number of fused-ring (bicyclic) bond motifs is 2. The van der Waals surface area contributed by atoms with Crippen LogP contribution in [0.2, 0.25) is 0 Å². The zero-order valence-corrected chi connectivity index (χ0v) is 14.2. The van der Waals surface area contributed by atoms with Crippen LogP contribution in [0, 0.1) is 0 Å². The number of nitrogens with zero attached hydrogens (tertiary/aromatic N) is 2. The van der Waals surface area contributed by atoms with E-state index in [1.165, 1.54) is 3.97 Å². The number of aromatic nitrogens is 1. The summed E-state index contributed by atoms with van der Waals surface area (Å²) in [5.41, 5.74) is 3.69. The smallest absolute Gasteiger partial charge is 0.236 e. The largest absolute Gasteiger partial charge is 0.298 e. The lowest BCUT2D eigenvalue weighted by atomic mass is 10.0. The van der Waals surface area contributed by atoms with Gasteiger partial charge in [-0.3, -0.25) is 9.79 Å². The zero-order valence-electron chi connectivity index (χ0n) is 13.4. The van der Waals surface area contributed by atoms with E-state index in [1.807, 2.05) is 24.3 Å². The van der Waals surface area contributed by atoms with Crippen molar-refractivity contribution in [1.82, 2.24) is 3.97 Å². The highest BCUT2D eigenvalue weighted by Crippen LogP contribution is 2.34. The first kappa shape index (κ1) is 15.5. The van der Waals surface area contributed by atoms with Crippen molar-refractivity contribution in [3.8, 4) is 0 Å². The Labute approximate surface area is 145 Å². The van der Waals surface area contributed by atoms with Crippen molar-refractivity contribution in [3.63, 3.8) is 0 Å². The average molecular weight is 350 g/mol. The van der Waals surface area contributed by atoms with Crippen LogP contribution in [0.1, 0.15) is 21.6 Å². The van der Waals surface area contributed by atoms with E-state index in [0.717, 1.165) is 23.1 Å². The van der Waals surface area contributed by atoms with Gasteiger partial charge in [0.15, 0.2) is 6.29 Å². The van der Waals surface area contributed by atoms with Gasteiger partial charge in [-0.25, -0.2) is 12.4 Å². The van der Waals surface area contributed by atoms with Crippen LogP contribution in [0.5, 0.6) is 0 Å². The highest BCUT2D eigenvalue weighted by Gasteiger charge is 2.22. The molecule has 5 nitrogen and oxygen atoms in total. The van der Waals surface area contributed by atoms with Gasteiger partial charge in [-0.2, -0.15) is 0 Å². The monoisotopic (exact) mass is 350 g/mol. The summed E-state index contributed by atoms with van der Waals surface area (Å²) in [6.45, 7) is 0. The maximum absolute atomic E-state index is 12.4. The first-order chi connectivity index (χ1) is 12.0. The minimum atomic E-state index is -3.60. The fourth-order valence-electron chi connectivity index (χ4n) is 3.17. The summed E-state index contributed by atoms with van der Waals surface area (Å²) < 4.78 is 26.0. The Hall–Kier alpha value is -2.99. The second kappa shape index (κ2) is 5.53. The second-order valence-electron chi connectivity index (χ2n) is 5.84. The minimum absolute atomic E-state index is 0.344. The molecule has 0 radical (unpaired) electrons. The van der Waals surface area contributed by atoms with E-state index >= 15 is 0 Å². The van der Waals surface area contributed by atoms with Crippen LogP contribution in [0.3, 0.4) is 0 Å². The minimum Gasteiger partial charge on any atom is -0.298 e. The Morgan fingerprint density at radius 3 is 2.52 bits per heavy atom. The molecule has 0 saturated carbocycles. The molecule has 1 aliphatic rings. The Balaban J connectivity index is 2.08. The molecule has 4 rings (SSSR count). The first-order valence-corrected chi connectivity index (χ1v) is 9.50. The van der Waals surface area contributed by atoms with Gasteiger partial charge >= 0.3 is 0 Å². The summed E-state index contributed by atoms with van der Waals surface area (Å²) in [7, 11) is -3.60. The highest BCUT2D eigenvalue weighted by molar-refractivity contribution is 7.89. The molecule has 25 heavy (non-hydrogen) atoms. The summed E-state index contributed by atoms with van der Waals surface area (Å²) in [6.07, 6.45) is 5.23. The summed E-state index contributed by atoms with van der Waals surface area (Å²) in [6, 6.07) is 14.6. The van der Waals surface area contributed by atoms with Gasteiger partial charge in [-0.1, -0.05) is 36.4 Å². The highest BCUT2D eigenvalue weighted by atomic mass is 32.2. The fraction of sp³-hybridized carbons (Fsp3) is 0.0526. The van der Waals surface area contributed by atoms with Gasteiger partial charge in [-0.15, -0.1) is 0 Å². The lowest BCUT2D eigenvalue weighted by Crippen LogP contribution is -2.12. The molecule has 2 heterocycles. The van der Waals surface area contributed by atoms with Gasteiger partial charge in [0.05, 0.1) is 23.2 Å². The first-order valence-electron chi connectivity index (χ1n) is 7.65. The Morgan fingerprint density at radius 1 is 1.04 bits per heavy atom. The van der Waals surface area contributed by atoms with Crippen molar-refractivity contribution >= 4 is 50.8 Å². The van der Waals surface area contributed by atoms with E-state index in [-0.39, 0.29) is 0 Å². The van der Waals surface area contributed by atoms with Gasteiger partial charge in [0.1, 0.15) is 0 Å². The predicted molar refractivity (Wildman–Crippen MR) is 100 cm³/mol. The van der Waals surface area contributed by atoms with Gasteiger partial charge in [0, 0.05) is 28.3 Å². The molecule has 0 fully saturated rings. The van der Waals surface area contributed by atoms with Crippen LogP contribution in [0.4, 0.5) is 5.69 Å². The lowest BCUT2D eigenvalue weighted by molar-refractivity contribution is 0.112. The fourth-order valence-corrected chi connectivity index (χ4v) is 4.20. The molecular formula is C19H14N2O3S. The van der Waals surface area contributed by atoms with Crippen molar-refractivity contribution in [2.45, 2.75) is 0 Å². The van der Waals surface area contributed by atoms with Crippen LogP contribution >= 0.6 is 0 Å². The molecule has 0 unspecified atom stereocenters. The number of aldehydes is 1. The molecule has 0 aliphatic carbocycles. The van der Waals surface area contributed by atoms with Crippen molar-refractivity contribution in [1.29, 1.82) is 0 Å². The third-order valence-corrected chi connectivity index (χ3v) is 5.26. The van der Waals surface area contributed by atoms with Gasteiger partial charge in [0.25, 0.3) is 0 Å². The van der Waals surface area contributed by atoms with Crippen molar-refractivity contribution in [2.24, 2.45) is 4.99 Å². The molecule has 0 bridgehead atoms. The van der Waals surface area contributed by atoms with Crippen LogP contribution in [0.15, 0.2) is 53.5 Å². The number of rotatable bonds is 3. The lowest BCUT2D eigenvalue weighted by Gasteiger charge is -2.07. The average Bonchev–Trinajstić information content (AvgIpc) is 3.13. The number of hydrogen-bond acceptors (Lipinski definition) is 4. The number of allylic oxidation sites excluding steroid dienone is 1. The van der Waals surface area contributed by atoms with Gasteiger partial charge < -0.3 is 0 Å². The predicted octanol–water partition coefficient (Wildman–Crippen LogP) is 3.52. The summed E-state index contributed by atoms with van der Waals surface area (Å²) in [4.78, 5) is 16.1. The topological polar surface area (TPSA) is 68.5 Å². The van der Waals surface area contributed by atoms with E-state index in [9.17, 15) is 13.2 Å². The molecule has 3 aromatic rings. The van der Waals surface area contributed by atoms with Crippen molar-refractivity contribution in [3.05, 3.63) is 65.4 Å². The SMILES string of the molecule is CS(=O)(=O)n1c(/C=C2/C=Nc3ccccc32)c(C=O)c2ccccc21. The summed E-state index contributed by atoms with van der Waals surface area (Å²) in [5.74, 6) is 0. The Morgan fingerprint density at radius 2 is 1.76 bits per heavy atom. The number of benzene rings is 2. The van der Waals surface area contributed by atoms with Crippen LogP contribution in [0.25, 0.3) is 22.6 Å². The third kappa shape index (κ3) is 2.42. The summed E-state index contributed by atoms with van der Waals surface area (Å²) >= 11 is 0. The molecule has 1 aromatic heterocycles. The van der Waals surface area contributed by atoms with Crippen molar-refractivity contribution in [2.75, 3.05) is 6.26 Å². The molecule has 0 N–H and O–H groups in total. The van der Waals surface area contributed by atoms with Crippen LogP contribution < -0.4 is 0 Å². The number of carbonyl (C=O) groups excluding carboxylic acids is 1. The second-order valence-corrected chi connectivity index (χ2v) is 7.67. The molecule has 2 aromatic carbocycles. The third-order valence-electron chi connectivity index (χ3n) is 4.21. The van der Waals surface area contributed by atoms with Crippen molar-refractivity contribution < 1.29 is 13.2 Å². The molecule has 0 amide bonds. The normalized spacial score (nSPS) is 15.0. The molecule has 1 aliphatic heterocycles. The molecule has 6 heteroatoms. The molecule has 0 spiro atoms. The number of carbonyl (C=O) groups is 1. The van der Waals surface area contributed by atoms with Gasteiger partial charge in [0.2, 0.25) is 10.0 Å². The Bertz CT molecular complexity index is 1180. The van der Waals surface area contributed by atoms with E-state index < -0.39 is 10.0 Å². The maximum Gasteiger partial charge on any atom is 0.236 e.